The molecule has 0 aliphatic rings. The largest absolute Gasteiger partial charge is 0.493 e. The first kappa shape index (κ1) is 18.5. The van der Waals surface area contributed by atoms with E-state index >= 15 is 0 Å². The number of methoxy groups -OCH3 is 1. The third-order valence-electron chi connectivity index (χ3n) is 4.09. The van der Waals surface area contributed by atoms with Crippen molar-refractivity contribution in [2.45, 2.75) is 20.4 Å². The standard InChI is InChI=1S/C21H23N3O3/c1-4-27-19-12-16(7-9-18(19)26-3)8-10-20(25)22-13-17-14-24-11-5-6-15(2)21(24)23-17/h5-12,14H,4,13H2,1-3H3,(H,22,25). The molecule has 1 amide bonds. The minimum atomic E-state index is -0.183. The molecule has 6 heteroatoms. The van der Waals surface area contributed by atoms with Gasteiger partial charge in [-0.15, -0.1) is 0 Å². The summed E-state index contributed by atoms with van der Waals surface area (Å²) < 4.78 is 12.8. The fraction of sp³-hybridized carbons (Fsp3) is 0.238. The summed E-state index contributed by atoms with van der Waals surface area (Å²) in [6, 6.07) is 9.52. The van der Waals surface area contributed by atoms with Gasteiger partial charge in [-0.3, -0.25) is 4.79 Å². The van der Waals surface area contributed by atoms with Crippen LogP contribution in [0.25, 0.3) is 11.7 Å². The molecule has 0 atom stereocenters. The molecule has 6 nitrogen and oxygen atoms in total. The zero-order valence-corrected chi connectivity index (χ0v) is 15.7. The Morgan fingerprint density at radius 1 is 1.30 bits per heavy atom. The lowest BCUT2D eigenvalue weighted by Crippen LogP contribution is -2.20. The number of hydrogen-bond acceptors (Lipinski definition) is 4. The number of carbonyl (C=O) groups excluding carboxylic acids is 1. The number of pyridine rings is 1. The van der Waals surface area contributed by atoms with Crippen LogP contribution in [-0.2, 0) is 11.3 Å². The monoisotopic (exact) mass is 365 g/mol. The number of fused-ring (bicyclic) bond motifs is 1. The van der Waals surface area contributed by atoms with Gasteiger partial charge in [-0.2, -0.15) is 0 Å². The molecule has 0 fully saturated rings. The summed E-state index contributed by atoms with van der Waals surface area (Å²) in [5.74, 6) is 1.14. The molecule has 0 saturated carbocycles. The summed E-state index contributed by atoms with van der Waals surface area (Å²) in [6.45, 7) is 4.84. The molecule has 3 aromatic rings. The highest BCUT2D eigenvalue weighted by molar-refractivity contribution is 5.91. The number of carbonyl (C=O) groups is 1. The fourth-order valence-electron chi connectivity index (χ4n) is 2.76. The minimum absolute atomic E-state index is 0.183. The van der Waals surface area contributed by atoms with Crippen LogP contribution in [0.3, 0.4) is 0 Å². The summed E-state index contributed by atoms with van der Waals surface area (Å²) in [4.78, 5) is 16.7. The molecule has 2 heterocycles. The van der Waals surface area contributed by atoms with E-state index in [0.29, 0.717) is 24.7 Å². The lowest BCUT2D eigenvalue weighted by Gasteiger charge is -2.09. The molecule has 0 saturated heterocycles. The topological polar surface area (TPSA) is 64.9 Å². The van der Waals surface area contributed by atoms with E-state index in [4.69, 9.17) is 9.47 Å². The second-order valence-electron chi connectivity index (χ2n) is 6.05. The lowest BCUT2D eigenvalue weighted by molar-refractivity contribution is -0.116. The van der Waals surface area contributed by atoms with Crippen LogP contribution in [0.1, 0.15) is 23.7 Å². The van der Waals surface area contributed by atoms with E-state index < -0.39 is 0 Å². The van der Waals surface area contributed by atoms with E-state index in [1.54, 1.807) is 13.2 Å². The van der Waals surface area contributed by atoms with Crippen molar-refractivity contribution in [3.05, 3.63) is 65.6 Å². The second-order valence-corrected chi connectivity index (χ2v) is 6.05. The van der Waals surface area contributed by atoms with E-state index in [-0.39, 0.29) is 5.91 Å². The molecule has 3 rings (SSSR count). The number of imidazole rings is 1. The Morgan fingerprint density at radius 3 is 2.89 bits per heavy atom. The number of benzene rings is 1. The molecular formula is C21H23N3O3. The smallest absolute Gasteiger partial charge is 0.244 e. The molecule has 1 N–H and O–H groups in total. The zero-order chi connectivity index (χ0) is 19.2. The molecule has 0 bridgehead atoms. The molecule has 0 spiro atoms. The van der Waals surface area contributed by atoms with E-state index in [1.807, 2.05) is 61.0 Å². The van der Waals surface area contributed by atoms with Crippen LogP contribution < -0.4 is 14.8 Å². The Morgan fingerprint density at radius 2 is 2.15 bits per heavy atom. The third kappa shape index (κ3) is 4.47. The van der Waals surface area contributed by atoms with Gasteiger partial charge < -0.3 is 19.2 Å². The summed E-state index contributed by atoms with van der Waals surface area (Å²) in [5.41, 5.74) is 3.67. The highest BCUT2D eigenvalue weighted by Gasteiger charge is 2.06. The van der Waals surface area contributed by atoms with Gasteiger partial charge in [-0.05, 0) is 49.2 Å². The first-order valence-corrected chi connectivity index (χ1v) is 8.80. The van der Waals surface area contributed by atoms with Gasteiger partial charge in [-0.25, -0.2) is 4.98 Å². The predicted molar refractivity (Wildman–Crippen MR) is 105 cm³/mol. The fourth-order valence-corrected chi connectivity index (χ4v) is 2.76. The summed E-state index contributed by atoms with van der Waals surface area (Å²) in [5, 5.41) is 2.85. The van der Waals surface area contributed by atoms with Crippen LogP contribution in [-0.4, -0.2) is 29.0 Å². The summed E-state index contributed by atoms with van der Waals surface area (Å²) in [6.07, 6.45) is 7.11. The van der Waals surface area contributed by atoms with Gasteiger partial charge in [0.1, 0.15) is 5.65 Å². The number of aromatic nitrogens is 2. The molecular weight excluding hydrogens is 342 g/mol. The molecule has 0 radical (unpaired) electrons. The Labute approximate surface area is 158 Å². The van der Waals surface area contributed by atoms with Gasteiger partial charge in [0, 0.05) is 18.5 Å². The highest BCUT2D eigenvalue weighted by Crippen LogP contribution is 2.28. The van der Waals surface area contributed by atoms with Crippen molar-refractivity contribution in [2.24, 2.45) is 0 Å². The Kier molecular flexibility index (Phi) is 5.76. The van der Waals surface area contributed by atoms with E-state index in [9.17, 15) is 4.79 Å². The molecule has 2 aromatic heterocycles. The SMILES string of the molecule is CCOc1cc(C=CC(=O)NCc2cn3cccc(C)c3n2)ccc1OC. The molecule has 1 aromatic carbocycles. The van der Waals surface area contributed by atoms with Crippen molar-refractivity contribution in [3.8, 4) is 11.5 Å². The molecule has 0 aliphatic carbocycles. The average molecular weight is 365 g/mol. The number of ether oxygens (including phenoxy) is 2. The van der Waals surface area contributed by atoms with Crippen molar-refractivity contribution in [2.75, 3.05) is 13.7 Å². The lowest BCUT2D eigenvalue weighted by atomic mass is 10.2. The van der Waals surface area contributed by atoms with Gasteiger partial charge in [0.15, 0.2) is 11.5 Å². The normalized spacial score (nSPS) is 11.1. The minimum Gasteiger partial charge on any atom is -0.493 e. The van der Waals surface area contributed by atoms with E-state index in [2.05, 4.69) is 10.3 Å². The third-order valence-corrected chi connectivity index (χ3v) is 4.09. The Hall–Kier alpha value is -3.28. The first-order valence-electron chi connectivity index (χ1n) is 8.80. The highest BCUT2D eigenvalue weighted by atomic mass is 16.5. The van der Waals surface area contributed by atoms with Crippen LogP contribution in [0.4, 0.5) is 0 Å². The van der Waals surface area contributed by atoms with Crippen molar-refractivity contribution < 1.29 is 14.3 Å². The first-order chi connectivity index (χ1) is 13.1. The number of aryl methyl sites for hydroxylation is 1. The van der Waals surface area contributed by atoms with Gasteiger partial charge >= 0.3 is 0 Å². The molecule has 0 unspecified atom stereocenters. The van der Waals surface area contributed by atoms with Gasteiger partial charge in [-0.1, -0.05) is 12.1 Å². The van der Waals surface area contributed by atoms with Crippen LogP contribution in [0.15, 0.2) is 48.8 Å². The van der Waals surface area contributed by atoms with Crippen LogP contribution >= 0.6 is 0 Å². The molecule has 27 heavy (non-hydrogen) atoms. The summed E-state index contributed by atoms with van der Waals surface area (Å²) >= 11 is 0. The second kappa shape index (κ2) is 8.40. The van der Waals surface area contributed by atoms with E-state index in [1.165, 1.54) is 6.08 Å². The van der Waals surface area contributed by atoms with Crippen molar-refractivity contribution >= 4 is 17.6 Å². The maximum atomic E-state index is 12.1. The van der Waals surface area contributed by atoms with Crippen LogP contribution in [0.2, 0.25) is 0 Å². The quantitative estimate of drug-likeness (QED) is 0.652. The Balaban J connectivity index is 1.63. The summed E-state index contributed by atoms with van der Waals surface area (Å²) in [7, 11) is 1.60. The van der Waals surface area contributed by atoms with E-state index in [0.717, 1.165) is 22.5 Å². The predicted octanol–water partition coefficient (Wildman–Crippen LogP) is 3.38. The number of nitrogens with one attached hydrogen (secondary N) is 1. The number of hydrogen-bond donors (Lipinski definition) is 1. The molecule has 140 valence electrons. The zero-order valence-electron chi connectivity index (χ0n) is 15.7. The number of rotatable bonds is 7. The molecule has 0 aliphatic heterocycles. The van der Waals surface area contributed by atoms with Crippen molar-refractivity contribution in [3.63, 3.8) is 0 Å². The maximum Gasteiger partial charge on any atom is 0.244 e. The average Bonchev–Trinajstić information content (AvgIpc) is 3.10. The van der Waals surface area contributed by atoms with Gasteiger partial charge in [0.2, 0.25) is 5.91 Å². The van der Waals surface area contributed by atoms with Gasteiger partial charge in [0.25, 0.3) is 0 Å². The number of nitrogens with zero attached hydrogens (tertiary/aromatic N) is 2. The maximum absolute atomic E-state index is 12.1. The van der Waals surface area contributed by atoms with Gasteiger partial charge in [0.05, 0.1) is 26.0 Å². The number of amides is 1. The van der Waals surface area contributed by atoms with Crippen molar-refractivity contribution in [1.82, 2.24) is 14.7 Å². The van der Waals surface area contributed by atoms with Crippen molar-refractivity contribution in [1.29, 1.82) is 0 Å². The van der Waals surface area contributed by atoms with Crippen LogP contribution in [0, 0.1) is 6.92 Å². The Bertz CT molecular complexity index is 976. The van der Waals surface area contributed by atoms with Crippen LogP contribution in [0.5, 0.6) is 11.5 Å².